The van der Waals surface area contributed by atoms with Gasteiger partial charge in [0.25, 0.3) is 0 Å². The third-order valence-electron chi connectivity index (χ3n) is 5.11. The van der Waals surface area contributed by atoms with Crippen LogP contribution in [-0.2, 0) is 15.4 Å². The first kappa shape index (κ1) is 17.9. The van der Waals surface area contributed by atoms with E-state index in [0.29, 0.717) is 9.77 Å². The van der Waals surface area contributed by atoms with Gasteiger partial charge in [0.2, 0.25) is 10.0 Å². The molecule has 0 saturated heterocycles. The minimum atomic E-state index is -3.56. The average Bonchev–Trinajstić information content (AvgIpc) is 3.10. The van der Waals surface area contributed by atoms with E-state index in [1.54, 1.807) is 18.2 Å². The van der Waals surface area contributed by atoms with Crippen LogP contribution >= 0.6 is 11.3 Å². The summed E-state index contributed by atoms with van der Waals surface area (Å²) in [5.74, 6) is 0. The van der Waals surface area contributed by atoms with Crippen LogP contribution < -0.4 is 4.72 Å². The van der Waals surface area contributed by atoms with Gasteiger partial charge in [-0.05, 0) is 41.8 Å². The first-order chi connectivity index (χ1) is 12.9. The second-order valence-electron chi connectivity index (χ2n) is 6.97. The van der Waals surface area contributed by atoms with Gasteiger partial charge in [0, 0.05) is 16.3 Å². The predicted octanol–water partition coefficient (Wildman–Crippen LogP) is 4.30. The fourth-order valence-electron chi connectivity index (χ4n) is 3.25. The van der Waals surface area contributed by atoms with Crippen molar-refractivity contribution in [1.82, 2.24) is 4.72 Å². The van der Waals surface area contributed by atoms with Crippen LogP contribution in [0.2, 0.25) is 0 Å². The molecular weight excluding hydrogens is 376 g/mol. The van der Waals surface area contributed by atoms with E-state index in [4.69, 9.17) is 5.26 Å². The molecule has 1 aliphatic carbocycles. The Hall–Kier alpha value is -2.46. The molecule has 0 amide bonds. The zero-order valence-corrected chi connectivity index (χ0v) is 16.3. The van der Waals surface area contributed by atoms with Gasteiger partial charge < -0.3 is 0 Å². The summed E-state index contributed by atoms with van der Waals surface area (Å²) in [6.07, 6.45) is 0.796. The van der Waals surface area contributed by atoms with Crippen molar-refractivity contribution in [2.45, 2.75) is 29.0 Å². The van der Waals surface area contributed by atoms with Gasteiger partial charge in [0.15, 0.2) is 0 Å². The molecule has 2 aromatic carbocycles. The van der Waals surface area contributed by atoms with Crippen molar-refractivity contribution < 1.29 is 8.42 Å². The zero-order valence-electron chi connectivity index (χ0n) is 14.7. The Kier molecular flexibility index (Phi) is 4.39. The van der Waals surface area contributed by atoms with Crippen molar-refractivity contribution in [2.75, 3.05) is 0 Å². The lowest BCUT2D eigenvalue weighted by molar-refractivity contribution is 0.576. The summed E-state index contributed by atoms with van der Waals surface area (Å²) in [4.78, 5) is 0.862. The largest absolute Gasteiger partial charge is 0.250 e. The number of nitrogens with one attached hydrogen (secondary N) is 1. The molecule has 0 aliphatic heterocycles. The first-order valence-electron chi connectivity index (χ1n) is 8.61. The van der Waals surface area contributed by atoms with Crippen molar-refractivity contribution in [2.24, 2.45) is 0 Å². The maximum Gasteiger partial charge on any atom is 0.250 e. The van der Waals surface area contributed by atoms with Gasteiger partial charge in [0.1, 0.15) is 4.21 Å². The third kappa shape index (κ3) is 3.42. The Balaban J connectivity index is 1.52. The number of nitriles is 1. The van der Waals surface area contributed by atoms with Crippen LogP contribution in [0.5, 0.6) is 0 Å². The molecule has 0 radical (unpaired) electrons. The summed E-state index contributed by atoms with van der Waals surface area (Å²) in [6.45, 7) is 2.09. The van der Waals surface area contributed by atoms with E-state index in [0.717, 1.165) is 22.4 Å². The second kappa shape index (κ2) is 6.61. The molecule has 0 bridgehead atoms. The van der Waals surface area contributed by atoms with Gasteiger partial charge >= 0.3 is 0 Å². The Bertz CT molecular complexity index is 1110. The van der Waals surface area contributed by atoms with Gasteiger partial charge in [0.05, 0.1) is 11.6 Å². The normalized spacial score (nSPS) is 21.6. The molecule has 1 fully saturated rings. The average molecular weight is 395 g/mol. The van der Waals surface area contributed by atoms with E-state index < -0.39 is 10.0 Å². The van der Waals surface area contributed by atoms with Crippen LogP contribution in [0, 0.1) is 11.3 Å². The van der Waals surface area contributed by atoms with E-state index in [1.807, 2.05) is 48.5 Å². The maximum atomic E-state index is 12.8. The Labute approximate surface area is 163 Å². The molecule has 1 aromatic heterocycles. The third-order valence-corrected chi connectivity index (χ3v) is 8.21. The molecule has 6 heteroatoms. The fraction of sp³-hybridized carbons (Fsp3) is 0.190. The molecule has 2 atom stereocenters. The minimum absolute atomic E-state index is 0.0923. The Morgan fingerprint density at radius 2 is 1.78 bits per heavy atom. The molecule has 1 aliphatic rings. The fourth-order valence-corrected chi connectivity index (χ4v) is 5.93. The van der Waals surface area contributed by atoms with Crippen LogP contribution in [0.15, 0.2) is 70.9 Å². The summed E-state index contributed by atoms with van der Waals surface area (Å²) >= 11 is 1.24. The van der Waals surface area contributed by atoms with Crippen LogP contribution in [-0.4, -0.2) is 14.5 Å². The lowest BCUT2D eigenvalue weighted by Crippen LogP contribution is -2.29. The molecule has 27 heavy (non-hydrogen) atoms. The quantitative estimate of drug-likeness (QED) is 0.702. The van der Waals surface area contributed by atoms with Gasteiger partial charge in [-0.1, -0.05) is 49.4 Å². The SMILES string of the molecule is C[C@]1(c2ccccc2)C[C@@H]1NS(=O)(=O)c1ccc(-c2ccc(C#N)cc2)s1. The molecule has 1 heterocycles. The Morgan fingerprint density at radius 3 is 2.44 bits per heavy atom. The summed E-state index contributed by atoms with van der Waals surface area (Å²) in [6, 6.07) is 22.6. The highest BCUT2D eigenvalue weighted by Crippen LogP contribution is 2.48. The maximum absolute atomic E-state index is 12.8. The lowest BCUT2D eigenvalue weighted by Gasteiger charge is -2.12. The van der Waals surface area contributed by atoms with Gasteiger partial charge in [-0.15, -0.1) is 11.3 Å². The molecule has 1 saturated carbocycles. The number of thiophene rings is 1. The molecule has 136 valence electrons. The van der Waals surface area contributed by atoms with Crippen LogP contribution in [0.1, 0.15) is 24.5 Å². The first-order valence-corrected chi connectivity index (χ1v) is 10.9. The molecule has 0 spiro atoms. The van der Waals surface area contributed by atoms with Crippen molar-refractivity contribution in [1.29, 1.82) is 5.26 Å². The monoisotopic (exact) mass is 394 g/mol. The standard InChI is InChI=1S/C21H18N2O2S2/c1-21(17-5-3-2-4-6-17)13-19(21)23-27(24,25)20-12-11-18(26-20)16-9-7-15(14-22)8-10-16/h2-12,19,23H,13H2,1H3/t19-,21+/m0/s1. The van der Waals surface area contributed by atoms with Gasteiger partial charge in [-0.2, -0.15) is 5.26 Å². The summed E-state index contributed by atoms with van der Waals surface area (Å²) in [7, 11) is -3.56. The molecule has 4 rings (SSSR count). The van der Waals surface area contributed by atoms with Crippen molar-refractivity contribution in [3.63, 3.8) is 0 Å². The number of hydrogen-bond acceptors (Lipinski definition) is 4. The lowest BCUT2D eigenvalue weighted by atomic mass is 9.98. The Morgan fingerprint density at radius 1 is 1.07 bits per heavy atom. The van der Waals surface area contributed by atoms with Gasteiger partial charge in [-0.3, -0.25) is 0 Å². The molecule has 3 aromatic rings. The van der Waals surface area contributed by atoms with Gasteiger partial charge in [-0.25, -0.2) is 13.1 Å². The van der Waals surface area contributed by atoms with E-state index in [1.165, 1.54) is 11.3 Å². The molecule has 1 N–H and O–H groups in total. The van der Waals surface area contributed by atoms with Crippen LogP contribution in [0.3, 0.4) is 0 Å². The zero-order chi connectivity index (χ0) is 19.1. The second-order valence-corrected chi connectivity index (χ2v) is 9.99. The van der Waals surface area contributed by atoms with Crippen molar-refractivity contribution >= 4 is 21.4 Å². The summed E-state index contributed by atoms with van der Waals surface area (Å²) < 4.78 is 28.8. The summed E-state index contributed by atoms with van der Waals surface area (Å²) in [5, 5.41) is 8.89. The van der Waals surface area contributed by atoms with Crippen molar-refractivity contribution in [3.8, 4) is 16.5 Å². The number of sulfonamides is 1. The van der Waals surface area contributed by atoms with Crippen LogP contribution in [0.25, 0.3) is 10.4 Å². The topological polar surface area (TPSA) is 70.0 Å². The number of rotatable bonds is 5. The number of hydrogen-bond donors (Lipinski definition) is 1. The van der Waals surface area contributed by atoms with Crippen LogP contribution in [0.4, 0.5) is 0 Å². The smallest absolute Gasteiger partial charge is 0.206 e. The van der Waals surface area contributed by atoms with E-state index >= 15 is 0 Å². The predicted molar refractivity (Wildman–Crippen MR) is 107 cm³/mol. The number of benzene rings is 2. The number of nitrogens with zero attached hydrogens (tertiary/aromatic N) is 1. The highest BCUT2D eigenvalue weighted by molar-refractivity contribution is 7.91. The van der Waals surface area contributed by atoms with E-state index in [9.17, 15) is 8.42 Å². The van der Waals surface area contributed by atoms with E-state index in [-0.39, 0.29) is 11.5 Å². The summed E-state index contributed by atoms with van der Waals surface area (Å²) in [5.41, 5.74) is 2.49. The molecule has 4 nitrogen and oxygen atoms in total. The van der Waals surface area contributed by atoms with Crippen molar-refractivity contribution in [3.05, 3.63) is 77.9 Å². The highest BCUT2D eigenvalue weighted by atomic mass is 32.2. The minimum Gasteiger partial charge on any atom is -0.206 e. The highest BCUT2D eigenvalue weighted by Gasteiger charge is 2.53. The van der Waals surface area contributed by atoms with E-state index in [2.05, 4.69) is 17.7 Å². The molecular formula is C21H18N2O2S2. The molecule has 0 unspecified atom stereocenters.